The summed E-state index contributed by atoms with van der Waals surface area (Å²) in [5, 5.41) is 11.6. The Morgan fingerprint density at radius 2 is 1.76 bits per heavy atom. The number of hydrogen-bond donors (Lipinski definition) is 1. The number of amides is 2. The lowest BCUT2D eigenvalue weighted by molar-refractivity contribution is -0.117. The van der Waals surface area contributed by atoms with Crippen LogP contribution >= 0.6 is 0 Å². The molecule has 0 unspecified atom stereocenters. The summed E-state index contributed by atoms with van der Waals surface area (Å²) in [4.78, 5) is 25.5. The average Bonchev–Trinajstić information content (AvgIpc) is 2.62. The standard InChI is InChI=1S/C19H19N3O3/c1-14(23)22(17-7-3-15(13-20)4-8-17)12-11-19(24)21-16-5-9-18(25-2)10-6-16/h3-10H,11-12H2,1-2H3,(H,21,24). The van der Waals surface area contributed by atoms with Crippen molar-refractivity contribution in [2.45, 2.75) is 13.3 Å². The van der Waals surface area contributed by atoms with Gasteiger partial charge in [0.25, 0.3) is 0 Å². The molecule has 0 heterocycles. The first kappa shape index (κ1) is 18.0. The van der Waals surface area contributed by atoms with E-state index < -0.39 is 0 Å². The molecule has 0 atom stereocenters. The molecule has 0 aliphatic heterocycles. The number of hydrogen-bond acceptors (Lipinski definition) is 4. The minimum absolute atomic E-state index is 0.158. The molecule has 0 radical (unpaired) electrons. The molecule has 6 nitrogen and oxygen atoms in total. The van der Waals surface area contributed by atoms with E-state index in [1.807, 2.05) is 6.07 Å². The fourth-order valence-electron chi connectivity index (χ4n) is 2.30. The number of benzene rings is 2. The van der Waals surface area contributed by atoms with E-state index in [0.717, 1.165) is 0 Å². The molecule has 6 heteroatoms. The van der Waals surface area contributed by atoms with E-state index in [4.69, 9.17) is 10.00 Å². The molecule has 2 aromatic rings. The highest BCUT2D eigenvalue weighted by molar-refractivity contribution is 5.94. The fourth-order valence-corrected chi connectivity index (χ4v) is 2.30. The average molecular weight is 337 g/mol. The summed E-state index contributed by atoms with van der Waals surface area (Å²) in [6, 6.07) is 15.7. The van der Waals surface area contributed by atoms with Gasteiger partial charge >= 0.3 is 0 Å². The molecule has 0 spiro atoms. The van der Waals surface area contributed by atoms with Crippen LogP contribution in [0.1, 0.15) is 18.9 Å². The summed E-state index contributed by atoms with van der Waals surface area (Å²) >= 11 is 0. The van der Waals surface area contributed by atoms with Crippen LogP contribution in [0.4, 0.5) is 11.4 Å². The molecular formula is C19H19N3O3. The smallest absolute Gasteiger partial charge is 0.226 e. The van der Waals surface area contributed by atoms with Crippen molar-refractivity contribution in [1.29, 1.82) is 5.26 Å². The first-order valence-corrected chi connectivity index (χ1v) is 7.75. The minimum Gasteiger partial charge on any atom is -0.497 e. The van der Waals surface area contributed by atoms with Gasteiger partial charge in [0.05, 0.1) is 18.7 Å². The van der Waals surface area contributed by atoms with Crippen LogP contribution in [-0.4, -0.2) is 25.5 Å². The van der Waals surface area contributed by atoms with E-state index in [0.29, 0.717) is 22.7 Å². The van der Waals surface area contributed by atoms with Crippen LogP contribution in [0.3, 0.4) is 0 Å². The Morgan fingerprint density at radius 1 is 1.12 bits per heavy atom. The van der Waals surface area contributed by atoms with Gasteiger partial charge in [-0.25, -0.2) is 0 Å². The van der Waals surface area contributed by atoms with Gasteiger partial charge in [0.1, 0.15) is 5.75 Å². The largest absolute Gasteiger partial charge is 0.497 e. The maximum absolute atomic E-state index is 12.1. The first-order valence-electron chi connectivity index (χ1n) is 7.75. The van der Waals surface area contributed by atoms with Crippen molar-refractivity contribution in [1.82, 2.24) is 0 Å². The molecule has 2 rings (SSSR count). The molecular weight excluding hydrogens is 318 g/mol. The SMILES string of the molecule is COc1ccc(NC(=O)CCN(C(C)=O)c2ccc(C#N)cc2)cc1. The number of nitrogens with zero attached hydrogens (tertiary/aromatic N) is 2. The predicted molar refractivity (Wildman–Crippen MR) is 95.4 cm³/mol. The van der Waals surface area contributed by atoms with Gasteiger partial charge in [0.2, 0.25) is 11.8 Å². The van der Waals surface area contributed by atoms with Crippen molar-refractivity contribution < 1.29 is 14.3 Å². The lowest BCUT2D eigenvalue weighted by Gasteiger charge is -2.21. The Balaban J connectivity index is 1.96. The molecule has 0 aliphatic carbocycles. The monoisotopic (exact) mass is 337 g/mol. The van der Waals surface area contributed by atoms with Crippen LogP contribution in [-0.2, 0) is 9.59 Å². The topological polar surface area (TPSA) is 82.4 Å². The number of anilines is 2. The Bertz CT molecular complexity index is 777. The van der Waals surface area contributed by atoms with Crippen molar-refractivity contribution >= 4 is 23.2 Å². The van der Waals surface area contributed by atoms with Crippen LogP contribution in [0.25, 0.3) is 0 Å². The lowest BCUT2D eigenvalue weighted by Crippen LogP contribution is -2.31. The highest BCUT2D eigenvalue weighted by atomic mass is 16.5. The molecule has 0 saturated carbocycles. The molecule has 128 valence electrons. The number of methoxy groups -OCH3 is 1. The molecule has 0 aromatic heterocycles. The van der Waals surface area contributed by atoms with Crippen molar-refractivity contribution in [3.63, 3.8) is 0 Å². The second-order valence-corrected chi connectivity index (χ2v) is 5.36. The van der Waals surface area contributed by atoms with Gasteiger partial charge in [0, 0.05) is 31.3 Å². The Kier molecular flexibility index (Phi) is 6.13. The van der Waals surface area contributed by atoms with Gasteiger partial charge in [-0.05, 0) is 48.5 Å². The second-order valence-electron chi connectivity index (χ2n) is 5.36. The minimum atomic E-state index is -0.190. The van der Waals surface area contributed by atoms with Crippen molar-refractivity contribution in [3.05, 3.63) is 54.1 Å². The highest BCUT2D eigenvalue weighted by Gasteiger charge is 2.13. The molecule has 2 aromatic carbocycles. The van der Waals surface area contributed by atoms with Gasteiger partial charge in [-0.15, -0.1) is 0 Å². The highest BCUT2D eigenvalue weighted by Crippen LogP contribution is 2.17. The summed E-state index contributed by atoms with van der Waals surface area (Å²) in [5.41, 5.74) is 1.84. The fraction of sp³-hybridized carbons (Fsp3) is 0.211. The van der Waals surface area contributed by atoms with Gasteiger partial charge in [-0.3, -0.25) is 9.59 Å². The molecule has 0 fully saturated rings. The number of rotatable bonds is 6. The van der Waals surface area contributed by atoms with Crippen LogP contribution in [0.5, 0.6) is 5.75 Å². The van der Waals surface area contributed by atoms with E-state index >= 15 is 0 Å². The predicted octanol–water partition coefficient (Wildman–Crippen LogP) is 2.95. The summed E-state index contributed by atoms with van der Waals surface area (Å²) in [6.45, 7) is 1.70. The molecule has 1 N–H and O–H groups in total. The van der Waals surface area contributed by atoms with Gasteiger partial charge in [-0.2, -0.15) is 5.26 Å². The molecule has 0 aliphatic rings. The number of ether oxygens (including phenoxy) is 1. The third-order valence-corrected chi connectivity index (χ3v) is 3.62. The maximum Gasteiger partial charge on any atom is 0.226 e. The third kappa shape index (κ3) is 5.08. The molecule has 0 bridgehead atoms. The van der Waals surface area contributed by atoms with E-state index in [2.05, 4.69) is 5.32 Å². The number of nitrogens with one attached hydrogen (secondary N) is 1. The zero-order valence-corrected chi connectivity index (χ0v) is 14.2. The van der Waals surface area contributed by atoms with E-state index in [1.165, 1.54) is 11.8 Å². The normalized spacial score (nSPS) is 9.80. The van der Waals surface area contributed by atoms with E-state index in [9.17, 15) is 9.59 Å². The molecule has 25 heavy (non-hydrogen) atoms. The van der Waals surface area contributed by atoms with Crippen LogP contribution < -0.4 is 15.0 Å². The maximum atomic E-state index is 12.1. The second kappa shape index (κ2) is 8.50. The van der Waals surface area contributed by atoms with Crippen molar-refractivity contribution in [2.75, 3.05) is 23.9 Å². The van der Waals surface area contributed by atoms with Crippen molar-refractivity contribution in [2.24, 2.45) is 0 Å². The summed E-state index contributed by atoms with van der Waals surface area (Å²) in [6.07, 6.45) is 0.158. The zero-order valence-electron chi connectivity index (χ0n) is 14.2. The zero-order chi connectivity index (χ0) is 18.2. The number of nitriles is 1. The van der Waals surface area contributed by atoms with E-state index in [-0.39, 0.29) is 24.8 Å². The van der Waals surface area contributed by atoms with Crippen LogP contribution in [0, 0.1) is 11.3 Å². The first-order chi connectivity index (χ1) is 12.0. The third-order valence-electron chi connectivity index (χ3n) is 3.62. The number of carbonyl (C=O) groups is 2. The Labute approximate surface area is 146 Å². The quantitative estimate of drug-likeness (QED) is 0.878. The molecule has 0 saturated heterocycles. The van der Waals surface area contributed by atoms with Gasteiger partial charge in [0.15, 0.2) is 0 Å². The van der Waals surface area contributed by atoms with Crippen LogP contribution in [0.15, 0.2) is 48.5 Å². The summed E-state index contributed by atoms with van der Waals surface area (Å²) in [5.74, 6) is 0.355. The summed E-state index contributed by atoms with van der Waals surface area (Å²) in [7, 11) is 1.58. The lowest BCUT2D eigenvalue weighted by atomic mass is 10.2. The molecule has 2 amide bonds. The van der Waals surface area contributed by atoms with E-state index in [1.54, 1.807) is 55.6 Å². The summed E-state index contributed by atoms with van der Waals surface area (Å²) < 4.78 is 5.07. The Morgan fingerprint density at radius 3 is 2.28 bits per heavy atom. The van der Waals surface area contributed by atoms with Gasteiger partial charge in [-0.1, -0.05) is 0 Å². The van der Waals surface area contributed by atoms with Crippen molar-refractivity contribution in [3.8, 4) is 11.8 Å². The van der Waals surface area contributed by atoms with Crippen LogP contribution in [0.2, 0.25) is 0 Å². The Hall–Kier alpha value is -3.33. The van der Waals surface area contributed by atoms with Gasteiger partial charge < -0.3 is 15.0 Å². The number of carbonyl (C=O) groups excluding carboxylic acids is 2.